The van der Waals surface area contributed by atoms with Gasteiger partial charge in [-0.15, -0.1) is 0 Å². The molecule has 1 aromatic rings. The van der Waals surface area contributed by atoms with Crippen LogP contribution in [0.3, 0.4) is 0 Å². The number of hydrogen-bond acceptors (Lipinski definition) is 2. The standard InChI is InChI=1S/C19H25FN2O2/c20-16-6-1-2-7-18(16)24-9-8-21-19(23)22-17-11-12-10-15(17)14-5-3-4-13(12)14/h1-2,6-7,12-15,17H,3-5,8-11H2,(H2,21,22,23)/t12-,13-,14-,15+,17-/m1/s1. The van der Waals surface area contributed by atoms with Gasteiger partial charge in [-0.05, 0) is 61.5 Å². The molecule has 130 valence electrons. The molecule has 0 aliphatic heterocycles. The lowest BCUT2D eigenvalue weighted by atomic mass is 9.79. The zero-order chi connectivity index (χ0) is 16.5. The van der Waals surface area contributed by atoms with E-state index in [1.54, 1.807) is 18.2 Å². The summed E-state index contributed by atoms with van der Waals surface area (Å²) in [6.07, 6.45) is 6.57. The van der Waals surface area contributed by atoms with E-state index in [9.17, 15) is 9.18 Å². The summed E-state index contributed by atoms with van der Waals surface area (Å²) < 4.78 is 18.8. The van der Waals surface area contributed by atoms with Crippen LogP contribution in [0.4, 0.5) is 9.18 Å². The van der Waals surface area contributed by atoms with Crippen molar-refractivity contribution in [3.8, 4) is 5.75 Å². The maximum absolute atomic E-state index is 13.4. The molecule has 5 heteroatoms. The molecule has 3 fully saturated rings. The fourth-order valence-corrected chi connectivity index (χ4v) is 5.34. The van der Waals surface area contributed by atoms with Gasteiger partial charge in [0.2, 0.25) is 0 Å². The topological polar surface area (TPSA) is 50.4 Å². The third kappa shape index (κ3) is 2.96. The van der Waals surface area contributed by atoms with Gasteiger partial charge in [-0.25, -0.2) is 9.18 Å². The number of amides is 2. The number of hydrogen-bond donors (Lipinski definition) is 2. The quantitative estimate of drug-likeness (QED) is 0.813. The van der Waals surface area contributed by atoms with Gasteiger partial charge in [-0.3, -0.25) is 0 Å². The van der Waals surface area contributed by atoms with E-state index < -0.39 is 0 Å². The van der Waals surface area contributed by atoms with Crippen molar-refractivity contribution in [1.82, 2.24) is 10.6 Å². The molecule has 0 heterocycles. The van der Waals surface area contributed by atoms with Crippen molar-refractivity contribution in [2.24, 2.45) is 23.7 Å². The number of para-hydroxylation sites is 1. The summed E-state index contributed by atoms with van der Waals surface area (Å²) in [5.41, 5.74) is 0. The molecular weight excluding hydrogens is 307 g/mol. The molecule has 5 atom stereocenters. The maximum Gasteiger partial charge on any atom is 0.315 e. The third-order valence-corrected chi connectivity index (χ3v) is 6.23. The normalized spacial score (nSPS) is 33.3. The van der Waals surface area contributed by atoms with Gasteiger partial charge < -0.3 is 15.4 Å². The van der Waals surface area contributed by atoms with Crippen LogP contribution in [0, 0.1) is 29.5 Å². The molecule has 24 heavy (non-hydrogen) atoms. The number of carbonyl (C=O) groups is 1. The lowest BCUT2D eigenvalue weighted by molar-refractivity contribution is 0.196. The highest BCUT2D eigenvalue weighted by Gasteiger charge is 2.53. The van der Waals surface area contributed by atoms with E-state index in [0.717, 1.165) is 24.2 Å². The summed E-state index contributed by atoms with van der Waals surface area (Å²) >= 11 is 0. The molecule has 3 aliphatic carbocycles. The van der Waals surface area contributed by atoms with Gasteiger partial charge in [-0.2, -0.15) is 0 Å². The van der Waals surface area contributed by atoms with Crippen LogP contribution in [0.2, 0.25) is 0 Å². The molecule has 2 bridgehead atoms. The fourth-order valence-electron chi connectivity index (χ4n) is 5.34. The van der Waals surface area contributed by atoms with E-state index in [1.807, 2.05) is 0 Å². The monoisotopic (exact) mass is 332 g/mol. The van der Waals surface area contributed by atoms with Crippen LogP contribution in [0.5, 0.6) is 5.75 Å². The number of ether oxygens (including phenoxy) is 1. The van der Waals surface area contributed by atoms with Crippen LogP contribution in [-0.2, 0) is 0 Å². The first-order valence-electron chi connectivity index (χ1n) is 9.14. The highest BCUT2D eigenvalue weighted by atomic mass is 19.1. The minimum Gasteiger partial charge on any atom is -0.489 e. The lowest BCUT2D eigenvalue weighted by Crippen LogP contribution is -2.47. The summed E-state index contributed by atoms with van der Waals surface area (Å²) in [6, 6.07) is 6.51. The Kier molecular flexibility index (Phi) is 4.33. The van der Waals surface area contributed by atoms with Crippen molar-refractivity contribution in [3.63, 3.8) is 0 Å². The lowest BCUT2D eigenvalue weighted by Gasteiger charge is -2.32. The van der Waals surface area contributed by atoms with E-state index in [0.29, 0.717) is 18.5 Å². The van der Waals surface area contributed by atoms with Crippen LogP contribution < -0.4 is 15.4 Å². The zero-order valence-corrected chi connectivity index (χ0v) is 13.8. The Morgan fingerprint density at radius 1 is 1.17 bits per heavy atom. The van der Waals surface area contributed by atoms with Crippen molar-refractivity contribution in [1.29, 1.82) is 0 Å². The molecule has 0 radical (unpaired) electrons. The van der Waals surface area contributed by atoms with E-state index in [-0.39, 0.29) is 24.2 Å². The van der Waals surface area contributed by atoms with Crippen molar-refractivity contribution in [3.05, 3.63) is 30.1 Å². The molecular formula is C19H25FN2O2. The van der Waals surface area contributed by atoms with Crippen LogP contribution in [0.25, 0.3) is 0 Å². The predicted octanol–water partition coefficient (Wildman–Crippen LogP) is 3.33. The van der Waals surface area contributed by atoms with E-state index >= 15 is 0 Å². The van der Waals surface area contributed by atoms with Gasteiger partial charge in [0.05, 0.1) is 6.54 Å². The molecule has 0 unspecified atom stereocenters. The number of urea groups is 1. The van der Waals surface area contributed by atoms with Gasteiger partial charge in [0.25, 0.3) is 0 Å². The van der Waals surface area contributed by atoms with Gasteiger partial charge in [0.15, 0.2) is 11.6 Å². The second kappa shape index (κ2) is 6.61. The summed E-state index contributed by atoms with van der Waals surface area (Å²) in [5.74, 6) is 3.14. The summed E-state index contributed by atoms with van der Waals surface area (Å²) in [4.78, 5) is 12.1. The highest BCUT2D eigenvalue weighted by Crippen LogP contribution is 2.58. The Balaban J connectivity index is 1.19. The number of carbonyl (C=O) groups excluding carboxylic acids is 1. The van der Waals surface area contributed by atoms with Gasteiger partial charge in [0, 0.05) is 6.04 Å². The van der Waals surface area contributed by atoms with E-state index in [2.05, 4.69) is 10.6 Å². The molecule has 2 N–H and O–H groups in total. The second-order valence-corrected chi connectivity index (χ2v) is 7.44. The Bertz CT molecular complexity index is 609. The molecule has 3 saturated carbocycles. The van der Waals surface area contributed by atoms with Crippen LogP contribution in [0.1, 0.15) is 32.1 Å². The van der Waals surface area contributed by atoms with Crippen molar-refractivity contribution in [2.45, 2.75) is 38.1 Å². The van der Waals surface area contributed by atoms with Crippen molar-refractivity contribution >= 4 is 6.03 Å². The van der Waals surface area contributed by atoms with Crippen molar-refractivity contribution in [2.75, 3.05) is 13.2 Å². The van der Waals surface area contributed by atoms with Crippen LogP contribution in [0.15, 0.2) is 24.3 Å². The molecule has 3 aliphatic rings. The molecule has 2 amide bonds. The Hall–Kier alpha value is -1.78. The number of benzene rings is 1. The maximum atomic E-state index is 13.4. The highest BCUT2D eigenvalue weighted by molar-refractivity contribution is 5.74. The molecule has 0 spiro atoms. The van der Waals surface area contributed by atoms with E-state index in [1.165, 1.54) is 31.7 Å². The van der Waals surface area contributed by atoms with Gasteiger partial charge in [0.1, 0.15) is 6.61 Å². The number of nitrogens with one attached hydrogen (secondary N) is 2. The Morgan fingerprint density at radius 3 is 2.88 bits per heavy atom. The smallest absolute Gasteiger partial charge is 0.315 e. The molecule has 0 saturated heterocycles. The number of fused-ring (bicyclic) bond motifs is 5. The van der Waals surface area contributed by atoms with E-state index in [4.69, 9.17) is 4.74 Å². The summed E-state index contributed by atoms with van der Waals surface area (Å²) in [5, 5.41) is 5.97. The van der Waals surface area contributed by atoms with Crippen molar-refractivity contribution < 1.29 is 13.9 Å². The predicted molar refractivity (Wildman–Crippen MR) is 89.3 cm³/mol. The Morgan fingerprint density at radius 2 is 2.00 bits per heavy atom. The molecule has 1 aromatic carbocycles. The average molecular weight is 332 g/mol. The summed E-state index contributed by atoms with van der Waals surface area (Å²) in [6.45, 7) is 0.628. The molecule has 0 aromatic heterocycles. The Labute approximate surface area is 142 Å². The SMILES string of the molecule is O=C(NCCOc1ccccc1F)N[C@@H]1C[C@H]2C[C@H]1[C@@H]1CCC[C@H]21. The van der Waals surface area contributed by atoms with Gasteiger partial charge in [-0.1, -0.05) is 18.6 Å². The molecule has 4 rings (SSSR count). The molecule has 4 nitrogen and oxygen atoms in total. The van der Waals surface area contributed by atoms with Crippen LogP contribution >= 0.6 is 0 Å². The first kappa shape index (κ1) is 15.7. The fraction of sp³-hybridized carbons (Fsp3) is 0.632. The zero-order valence-electron chi connectivity index (χ0n) is 13.8. The summed E-state index contributed by atoms with van der Waals surface area (Å²) in [7, 11) is 0. The first-order chi connectivity index (χ1) is 11.7. The second-order valence-electron chi connectivity index (χ2n) is 7.44. The largest absolute Gasteiger partial charge is 0.489 e. The minimum atomic E-state index is -0.380. The number of halogens is 1. The first-order valence-corrected chi connectivity index (χ1v) is 9.14. The average Bonchev–Trinajstić information content (AvgIpc) is 3.25. The third-order valence-electron chi connectivity index (χ3n) is 6.23. The minimum absolute atomic E-state index is 0.126. The van der Waals surface area contributed by atoms with Crippen LogP contribution in [-0.4, -0.2) is 25.2 Å². The van der Waals surface area contributed by atoms with Gasteiger partial charge >= 0.3 is 6.03 Å². The number of rotatable bonds is 5.